The summed E-state index contributed by atoms with van der Waals surface area (Å²) < 4.78 is 26.0. The molecule has 0 aliphatic heterocycles. The highest BCUT2D eigenvalue weighted by molar-refractivity contribution is 7.89. The van der Waals surface area contributed by atoms with Gasteiger partial charge in [0, 0.05) is 26.1 Å². The van der Waals surface area contributed by atoms with Gasteiger partial charge in [0.1, 0.15) is 0 Å². The van der Waals surface area contributed by atoms with Crippen LogP contribution >= 0.6 is 0 Å². The van der Waals surface area contributed by atoms with Crippen LogP contribution in [-0.4, -0.2) is 42.8 Å². The fraction of sp³-hybridized carbons (Fsp3) is 0.467. The summed E-state index contributed by atoms with van der Waals surface area (Å²) in [7, 11) is -3.49. The summed E-state index contributed by atoms with van der Waals surface area (Å²) in [5.41, 5.74) is 0.743. The van der Waals surface area contributed by atoms with E-state index in [0.717, 1.165) is 5.56 Å². The second-order valence-corrected chi connectivity index (χ2v) is 6.84. The number of amides is 1. The molecule has 1 rings (SSSR count). The molecule has 128 valence electrons. The van der Waals surface area contributed by atoms with Crippen LogP contribution < -0.4 is 5.32 Å². The van der Waals surface area contributed by atoms with Gasteiger partial charge < -0.3 is 10.4 Å². The number of benzene rings is 1. The van der Waals surface area contributed by atoms with E-state index in [9.17, 15) is 18.0 Å². The minimum atomic E-state index is -3.49. The Balaban J connectivity index is 2.67. The van der Waals surface area contributed by atoms with Crippen molar-refractivity contribution in [3.63, 3.8) is 0 Å². The van der Waals surface area contributed by atoms with E-state index in [1.807, 2.05) is 0 Å². The van der Waals surface area contributed by atoms with E-state index < -0.39 is 16.0 Å². The molecular formula is C15H22N2O5S. The number of hydrogen-bond acceptors (Lipinski definition) is 4. The van der Waals surface area contributed by atoms with Crippen LogP contribution in [0, 0.1) is 0 Å². The van der Waals surface area contributed by atoms with Gasteiger partial charge in [-0.1, -0.05) is 26.0 Å². The first-order valence-electron chi connectivity index (χ1n) is 7.38. The Kier molecular flexibility index (Phi) is 7.18. The van der Waals surface area contributed by atoms with E-state index in [1.54, 1.807) is 26.0 Å². The molecule has 0 aromatic heterocycles. The summed E-state index contributed by atoms with van der Waals surface area (Å²) in [5.74, 6) is -1.38. The van der Waals surface area contributed by atoms with Gasteiger partial charge in [-0.25, -0.2) is 8.42 Å². The maximum Gasteiger partial charge on any atom is 0.303 e. The van der Waals surface area contributed by atoms with Crippen LogP contribution in [0.5, 0.6) is 0 Å². The number of nitrogens with zero attached hydrogens (tertiary/aromatic N) is 1. The van der Waals surface area contributed by atoms with Crippen LogP contribution in [0.4, 0.5) is 0 Å². The molecule has 0 heterocycles. The zero-order valence-electron chi connectivity index (χ0n) is 13.3. The number of sulfonamides is 1. The Hall–Kier alpha value is -1.93. The Morgan fingerprint density at radius 3 is 2.13 bits per heavy atom. The first-order chi connectivity index (χ1) is 10.8. The van der Waals surface area contributed by atoms with Gasteiger partial charge in [-0.15, -0.1) is 0 Å². The van der Waals surface area contributed by atoms with E-state index in [0.29, 0.717) is 13.1 Å². The number of hydrogen-bond donors (Lipinski definition) is 2. The molecule has 0 unspecified atom stereocenters. The zero-order chi connectivity index (χ0) is 17.5. The monoisotopic (exact) mass is 342 g/mol. The molecule has 0 bridgehead atoms. The third-order valence-electron chi connectivity index (χ3n) is 3.32. The lowest BCUT2D eigenvalue weighted by molar-refractivity contribution is -0.138. The molecule has 1 aromatic rings. The standard InChI is InChI=1S/C15H22N2O5S/c1-3-17(4-2)23(21,22)13-7-5-12(6-8-13)11-16-14(18)9-10-15(19)20/h5-8H,3-4,9-11H2,1-2H3,(H,16,18)(H,19,20). The summed E-state index contributed by atoms with van der Waals surface area (Å²) in [6.45, 7) is 4.59. The van der Waals surface area contributed by atoms with Crippen molar-refractivity contribution in [1.29, 1.82) is 0 Å². The molecule has 0 saturated carbocycles. The van der Waals surface area contributed by atoms with Gasteiger partial charge in [-0.05, 0) is 17.7 Å². The number of carboxylic acids is 1. The number of aliphatic carboxylic acids is 1. The predicted octanol–water partition coefficient (Wildman–Crippen LogP) is 1.20. The van der Waals surface area contributed by atoms with E-state index >= 15 is 0 Å². The van der Waals surface area contributed by atoms with Crippen molar-refractivity contribution < 1.29 is 23.1 Å². The van der Waals surface area contributed by atoms with Gasteiger partial charge in [0.05, 0.1) is 11.3 Å². The van der Waals surface area contributed by atoms with Crippen LogP contribution in [0.2, 0.25) is 0 Å². The molecule has 7 nitrogen and oxygen atoms in total. The number of carbonyl (C=O) groups excluding carboxylic acids is 1. The number of rotatable bonds is 9. The molecule has 2 N–H and O–H groups in total. The van der Waals surface area contributed by atoms with Crippen LogP contribution in [0.25, 0.3) is 0 Å². The van der Waals surface area contributed by atoms with Crippen molar-refractivity contribution in [1.82, 2.24) is 9.62 Å². The third-order valence-corrected chi connectivity index (χ3v) is 5.39. The summed E-state index contributed by atoms with van der Waals surface area (Å²) in [6, 6.07) is 6.28. The molecule has 0 fully saturated rings. The highest BCUT2D eigenvalue weighted by atomic mass is 32.2. The summed E-state index contributed by atoms with van der Waals surface area (Å²) in [4.78, 5) is 22.0. The zero-order valence-corrected chi connectivity index (χ0v) is 14.1. The summed E-state index contributed by atoms with van der Waals surface area (Å²) >= 11 is 0. The van der Waals surface area contributed by atoms with Crippen molar-refractivity contribution in [3.05, 3.63) is 29.8 Å². The Bertz CT molecular complexity index is 636. The van der Waals surface area contributed by atoms with E-state index in [-0.39, 0.29) is 30.2 Å². The lowest BCUT2D eigenvalue weighted by Crippen LogP contribution is -2.30. The van der Waals surface area contributed by atoms with Crippen LogP contribution in [-0.2, 0) is 26.2 Å². The minimum Gasteiger partial charge on any atom is -0.481 e. The second-order valence-electron chi connectivity index (χ2n) is 4.90. The molecule has 0 radical (unpaired) electrons. The van der Waals surface area contributed by atoms with Gasteiger partial charge in [0.15, 0.2) is 0 Å². The Morgan fingerprint density at radius 1 is 1.09 bits per heavy atom. The molecule has 0 aliphatic rings. The molecule has 0 spiro atoms. The van der Waals surface area contributed by atoms with Crippen LogP contribution in [0.3, 0.4) is 0 Å². The lowest BCUT2D eigenvalue weighted by atomic mass is 10.2. The van der Waals surface area contributed by atoms with E-state index in [2.05, 4.69) is 5.32 Å². The largest absolute Gasteiger partial charge is 0.481 e. The average Bonchev–Trinajstić information content (AvgIpc) is 2.52. The molecule has 1 aromatic carbocycles. The second kappa shape index (κ2) is 8.64. The lowest BCUT2D eigenvalue weighted by Gasteiger charge is -2.18. The topological polar surface area (TPSA) is 104 Å². The van der Waals surface area contributed by atoms with Crippen LogP contribution in [0.15, 0.2) is 29.2 Å². The molecule has 0 atom stereocenters. The molecule has 8 heteroatoms. The number of nitrogens with one attached hydrogen (secondary N) is 1. The third kappa shape index (κ3) is 5.65. The van der Waals surface area contributed by atoms with Crippen molar-refractivity contribution >= 4 is 21.9 Å². The molecule has 1 amide bonds. The fourth-order valence-electron chi connectivity index (χ4n) is 2.00. The summed E-state index contributed by atoms with van der Waals surface area (Å²) in [6.07, 6.45) is -0.295. The molecule has 0 saturated heterocycles. The summed E-state index contributed by atoms with van der Waals surface area (Å²) in [5, 5.41) is 11.1. The first kappa shape index (κ1) is 19.1. The maximum absolute atomic E-state index is 12.3. The van der Waals surface area contributed by atoms with Crippen molar-refractivity contribution in [2.24, 2.45) is 0 Å². The average molecular weight is 342 g/mol. The highest BCUT2D eigenvalue weighted by Crippen LogP contribution is 2.16. The van der Waals surface area contributed by atoms with Crippen molar-refractivity contribution in [3.8, 4) is 0 Å². The first-order valence-corrected chi connectivity index (χ1v) is 8.82. The van der Waals surface area contributed by atoms with Crippen molar-refractivity contribution in [2.75, 3.05) is 13.1 Å². The quantitative estimate of drug-likeness (QED) is 0.702. The van der Waals surface area contributed by atoms with Gasteiger partial charge in [-0.2, -0.15) is 4.31 Å². The van der Waals surface area contributed by atoms with Gasteiger partial charge in [0.25, 0.3) is 0 Å². The van der Waals surface area contributed by atoms with Gasteiger partial charge in [0.2, 0.25) is 15.9 Å². The predicted molar refractivity (Wildman–Crippen MR) is 85.3 cm³/mol. The number of carbonyl (C=O) groups is 2. The smallest absolute Gasteiger partial charge is 0.303 e. The SMILES string of the molecule is CCN(CC)S(=O)(=O)c1ccc(CNC(=O)CCC(=O)O)cc1. The van der Waals surface area contributed by atoms with Crippen LogP contribution in [0.1, 0.15) is 32.3 Å². The Morgan fingerprint density at radius 2 is 1.65 bits per heavy atom. The van der Waals surface area contributed by atoms with Gasteiger partial charge in [-0.3, -0.25) is 9.59 Å². The molecule has 0 aliphatic carbocycles. The van der Waals surface area contributed by atoms with Gasteiger partial charge >= 0.3 is 5.97 Å². The minimum absolute atomic E-state index is 0.0796. The van der Waals surface area contributed by atoms with Crippen molar-refractivity contribution in [2.45, 2.75) is 38.1 Å². The highest BCUT2D eigenvalue weighted by Gasteiger charge is 2.21. The normalized spacial score (nSPS) is 11.4. The molecule has 23 heavy (non-hydrogen) atoms. The fourth-order valence-corrected chi connectivity index (χ4v) is 3.46. The number of carboxylic acid groups (broad SMARTS) is 1. The molecular weight excluding hydrogens is 320 g/mol. The van der Waals surface area contributed by atoms with E-state index in [1.165, 1.54) is 16.4 Å². The Labute approximate surface area is 136 Å². The maximum atomic E-state index is 12.3. The van der Waals surface area contributed by atoms with E-state index in [4.69, 9.17) is 5.11 Å².